The van der Waals surface area contributed by atoms with Crippen LogP contribution in [0.2, 0.25) is 0 Å². The molecule has 0 aromatic carbocycles. The fourth-order valence-electron chi connectivity index (χ4n) is 8.21. The zero-order chi connectivity index (χ0) is 52.7. The van der Waals surface area contributed by atoms with Crippen molar-refractivity contribution >= 4 is 17.9 Å². The van der Waals surface area contributed by atoms with Gasteiger partial charge in [-0.1, -0.05) is 260 Å². The summed E-state index contributed by atoms with van der Waals surface area (Å²) in [4.78, 5) is 37.2. The molecule has 0 aliphatic rings. The number of unbranched alkanes of at least 4 members (excludes halogenated alkanes) is 27. The Hall–Kier alpha value is -3.27. The molecule has 9 nitrogen and oxygen atoms in total. The van der Waals surface area contributed by atoms with Crippen molar-refractivity contribution in [1.82, 2.24) is 0 Å². The standard InChI is InChI=1S/C63H111NO8/c1-6-8-10-12-14-16-18-20-22-24-26-27-28-29-30-31-32-33-34-36-37-39-41-43-45-47-49-51-53-60(65)70-57-59(58-71-63(62(67)68)69-56-55-64(3,4)5)72-61(66)54-52-50-48-46-44-42-40-38-35-25-23-21-19-17-15-13-11-9-7-2/h9,11,15,17,21,23,35,38,42,44,48,50,59,63H,6-8,10,12-14,16,18-20,22,24-34,36-37,39-41,43,45-47,49,51-58H2,1-5H3/b11-9-,17-15-,23-21-,38-35-,44-42-,50-48-. The summed E-state index contributed by atoms with van der Waals surface area (Å²) in [7, 11) is 5.90. The molecule has 2 unspecified atom stereocenters. The summed E-state index contributed by atoms with van der Waals surface area (Å²) in [5.74, 6) is -2.39. The number of allylic oxidation sites excluding steroid dienone is 12. The molecular formula is C63H111NO8. The Bertz CT molecular complexity index is 1410. The van der Waals surface area contributed by atoms with Gasteiger partial charge in [0.2, 0.25) is 0 Å². The number of quaternary nitrogens is 1. The van der Waals surface area contributed by atoms with Crippen molar-refractivity contribution in [1.29, 1.82) is 0 Å². The average Bonchev–Trinajstić information content (AvgIpc) is 3.35. The lowest BCUT2D eigenvalue weighted by Crippen LogP contribution is -2.44. The molecule has 0 aliphatic heterocycles. The molecule has 0 heterocycles. The molecule has 0 aliphatic carbocycles. The van der Waals surface area contributed by atoms with Crippen LogP contribution in [-0.2, 0) is 33.3 Å². The van der Waals surface area contributed by atoms with E-state index in [1.807, 2.05) is 33.3 Å². The Morgan fingerprint density at radius 2 is 0.792 bits per heavy atom. The lowest BCUT2D eigenvalue weighted by molar-refractivity contribution is -0.870. The highest BCUT2D eigenvalue weighted by atomic mass is 16.7. The number of carbonyl (C=O) groups is 3. The molecule has 0 saturated heterocycles. The predicted octanol–water partition coefficient (Wildman–Crippen LogP) is 16.1. The number of hydrogen-bond acceptors (Lipinski definition) is 8. The van der Waals surface area contributed by atoms with Gasteiger partial charge in [-0.3, -0.25) is 9.59 Å². The fraction of sp³-hybridized carbons (Fsp3) is 0.762. The number of aliphatic carboxylic acids is 1. The van der Waals surface area contributed by atoms with Crippen LogP contribution < -0.4 is 5.11 Å². The van der Waals surface area contributed by atoms with Gasteiger partial charge in [-0.25, -0.2) is 0 Å². The van der Waals surface area contributed by atoms with Crippen molar-refractivity contribution in [3.8, 4) is 0 Å². The van der Waals surface area contributed by atoms with Crippen LogP contribution in [0.5, 0.6) is 0 Å². The highest BCUT2D eigenvalue weighted by Gasteiger charge is 2.21. The SMILES string of the molecule is CC/C=C\C/C=C\C/C=C\C/C=C\C/C=C\C/C=C\CCC(=O)OC(COC(=O)CCCCCCCCCCCCCCCCCCCCCCCCCCCCCC)COC(OCC[N+](C)(C)C)C(=O)[O-]. The van der Waals surface area contributed by atoms with Gasteiger partial charge in [0.25, 0.3) is 0 Å². The van der Waals surface area contributed by atoms with Gasteiger partial charge in [0.05, 0.1) is 40.3 Å². The van der Waals surface area contributed by atoms with E-state index in [2.05, 4.69) is 74.6 Å². The Kier molecular flexibility index (Phi) is 51.6. The summed E-state index contributed by atoms with van der Waals surface area (Å²) >= 11 is 0. The van der Waals surface area contributed by atoms with Crippen molar-refractivity contribution in [3.05, 3.63) is 72.9 Å². The molecule has 2 atom stereocenters. The Morgan fingerprint density at radius 1 is 0.431 bits per heavy atom. The highest BCUT2D eigenvalue weighted by Crippen LogP contribution is 2.17. The van der Waals surface area contributed by atoms with Crippen LogP contribution in [0.15, 0.2) is 72.9 Å². The maximum Gasteiger partial charge on any atom is 0.306 e. The molecule has 0 saturated carbocycles. The molecular weight excluding hydrogens is 899 g/mol. The average molecular weight is 1010 g/mol. The monoisotopic (exact) mass is 1010 g/mol. The maximum absolute atomic E-state index is 12.8. The molecule has 0 bridgehead atoms. The maximum atomic E-state index is 12.8. The van der Waals surface area contributed by atoms with E-state index in [0.717, 1.165) is 57.8 Å². The number of ether oxygens (including phenoxy) is 4. The number of nitrogens with zero attached hydrogens (tertiary/aromatic N) is 1. The van der Waals surface area contributed by atoms with Gasteiger partial charge < -0.3 is 33.3 Å². The third-order valence-corrected chi connectivity index (χ3v) is 12.7. The van der Waals surface area contributed by atoms with E-state index < -0.39 is 24.3 Å². The first-order valence-electron chi connectivity index (χ1n) is 29.6. The van der Waals surface area contributed by atoms with Gasteiger partial charge in [0, 0.05) is 12.8 Å². The van der Waals surface area contributed by atoms with Gasteiger partial charge in [-0.15, -0.1) is 0 Å². The molecule has 9 heteroatoms. The summed E-state index contributed by atoms with van der Waals surface area (Å²) in [6.07, 6.45) is 67.0. The fourth-order valence-corrected chi connectivity index (χ4v) is 8.21. The van der Waals surface area contributed by atoms with E-state index in [-0.39, 0.29) is 38.6 Å². The van der Waals surface area contributed by atoms with Gasteiger partial charge in [-0.05, 0) is 51.4 Å². The van der Waals surface area contributed by atoms with Crippen LogP contribution >= 0.6 is 0 Å². The summed E-state index contributed by atoms with van der Waals surface area (Å²) in [6, 6.07) is 0. The molecule has 0 radical (unpaired) electrons. The number of rotatable bonds is 54. The largest absolute Gasteiger partial charge is 0.545 e. The topological polar surface area (TPSA) is 111 Å². The van der Waals surface area contributed by atoms with Crippen molar-refractivity contribution < 1.29 is 42.9 Å². The molecule has 0 spiro atoms. The van der Waals surface area contributed by atoms with Crippen LogP contribution in [-0.4, -0.2) is 82.3 Å². The zero-order valence-corrected chi connectivity index (χ0v) is 47.3. The smallest absolute Gasteiger partial charge is 0.306 e. The predicted molar refractivity (Wildman–Crippen MR) is 301 cm³/mol. The van der Waals surface area contributed by atoms with E-state index in [9.17, 15) is 19.5 Å². The molecule has 72 heavy (non-hydrogen) atoms. The quantitative estimate of drug-likeness (QED) is 0.0195. The van der Waals surface area contributed by atoms with Crippen LogP contribution in [0.25, 0.3) is 0 Å². The van der Waals surface area contributed by atoms with E-state index in [4.69, 9.17) is 18.9 Å². The molecule has 0 N–H and O–H groups in total. The van der Waals surface area contributed by atoms with Crippen molar-refractivity contribution in [3.63, 3.8) is 0 Å². The van der Waals surface area contributed by atoms with Gasteiger partial charge in [0.15, 0.2) is 12.4 Å². The second-order valence-electron chi connectivity index (χ2n) is 20.9. The number of carboxylic acid groups (broad SMARTS) is 1. The van der Waals surface area contributed by atoms with E-state index in [1.54, 1.807) is 0 Å². The lowest BCUT2D eigenvalue weighted by Gasteiger charge is -2.26. The number of hydrogen-bond donors (Lipinski definition) is 0. The van der Waals surface area contributed by atoms with Crippen molar-refractivity contribution in [2.45, 2.75) is 264 Å². The highest BCUT2D eigenvalue weighted by molar-refractivity contribution is 5.70. The normalized spacial score (nSPS) is 13.3. The summed E-state index contributed by atoms with van der Waals surface area (Å²) < 4.78 is 22.6. The van der Waals surface area contributed by atoms with E-state index in [1.165, 1.54) is 161 Å². The third kappa shape index (κ3) is 54.5. The minimum absolute atomic E-state index is 0.121. The second-order valence-corrected chi connectivity index (χ2v) is 20.9. The van der Waals surface area contributed by atoms with Crippen molar-refractivity contribution in [2.24, 2.45) is 0 Å². The summed E-state index contributed by atoms with van der Waals surface area (Å²) in [5.41, 5.74) is 0. The summed E-state index contributed by atoms with van der Waals surface area (Å²) in [5, 5.41) is 11.8. The Morgan fingerprint density at radius 3 is 1.15 bits per heavy atom. The number of esters is 2. The lowest BCUT2D eigenvalue weighted by atomic mass is 10.0. The minimum atomic E-state index is -1.64. The number of likely N-dealkylation sites (N-methyl/N-ethyl adjacent to an activating group) is 1. The first-order chi connectivity index (χ1) is 35.1. The molecule has 416 valence electrons. The van der Waals surface area contributed by atoms with Gasteiger partial charge in [0.1, 0.15) is 13.2 Å². The molecule has 0 rings (SSSR count). The first kappa shape index (κ1) is 68.7. The first-order valence-corrected chi connectivity index (χ1v) is 29.6. The van der Waals surface area contributed by atoms with Crippen molar-refractivity contribution in [2.75, 3.05) is 47.5 Å². The summed E-state index contributed by atoms with van der Waals surface area (Å²) in [6.45, 7) is 4.57. The molecule has 0 amide bonds. The molecule has 0 fully saturated rings. The molecule has 0 aromatic heterocycles. The molecule has 0 aromatic rings. The van der Waals surface area contributed by atoms with Gasteiger partial charge in [-0.2, -0.15) is 0 Å². The Labute approximate surface area is 443 Å². The van der Waals surface area contributed by atoms with Gasteiger partial charge >= 0.3 is 11.9 Å². The Balaban J connectivity index is 4.24. The van der Waals surface area contributed by atoms with Crippen LogP contribution in [0.3, 0.4) is 0 Å². The minimum Gasteiger partial charge on any atom is -0.545 e. The zero-order valence-electron chi connectivity index (χ0n) is 47.3. The number of carbonyl (C=O) groups excluding carboxylic acids is 3. The van der Waals surface area contributed by atoms with Crippen LogP contribution in [0.1, 0.15) is 251 Å². The second kappa shape index (κ2) is 54.0. The van der Waals surface area contributed by atoms with Crippen LogP contribution in [0.4, 0.5) is 0 Å². The van der Waals surface area contributed by atoms with E-state index >= 15 is 0 Å². The number of carboxylic acids is 1. The third-order valence-electron chi connectivity index (χ3n) is 12.7. The van der Waals surface area contributed by atoms with E-state index in [0.29, 0.717) is 17.4 Å². The van der Waals surface area contributed by atoms with Crippen LogP contribution in [0, 0.1) is 0 Å².